The van der Waals surface area contributed by atoms with Crippen molar-refractivity contribution in [1.29, 1.82) is 0 Å². The lowest BCUT2D eigenvalue weighted by atomic mass is 9.99. The third-order valence-electron chi connectivity index (χ3n) is 5.90. The van der Waals surface area contributed by atoms with E-state index < -0.39 is 16.1 Å². The van der Waals surface area contributed by atoms with Gasteiger partial charge in [0.1, 0.15) is 11.9 Å². The van der Waals surface area contributed by atoms with Crippen LogP contribution in [0.2, 0.25) is 10.0 Å². The fourth-order valence-electron chi connectivity index (χ4n) is 4.04. The Morgan fingerprint density at radius 1 is 1.23 bits per heavy atom. The molecule has 0 fully saturated rings. The molecule has 0 unspecified atom stereocenters. The zero-order valence-corrected chi connectivity index (χ0v) is 22.5. The first kappa shape index (κ1) is 27.5. The molecule has 0 aromatic heterocycles. The first-order valence-electron chi connectivity index (χ1n) is 11.2. The van der Waals surface area contributed by atoms with Crippen LogP contribution in [0.3, 0.4) is 0 Å². The van der Waals surface area contributed by atoms with Crippen molar-refractivity contribution in [3.63, 3.8) is 0 Å². The second-order valence-corrected chi connectivity index (χ2v) is 11.7. The number of anilines is 1. The minimum Gasteiger partial charge on any atom is -0.488 e. The topological polar surface area (TPSA) is 99.2 Å². The average Bonchev–Trinajstić information content (AvgIpc) is 2.77. The van der Waals surface area contributed by atoms with Gasteiger partial charge < -0.3 is 14.7 Å². The number of halogens is 2. The summed E-state index contributed by atoms with van der Waals surface area (Å²) in [6.07, 6.45) is 0.764. The van der Waals surface area contributed by atoms with Crippen molar-refractivity contribution in [2.45, 2.75) is 32.5 Å². The van der Waals surface area contributed by atoms with Gasteiger partial charge in [0.2, 0.25) is 10.0 Å². The number of carbonyl (C=O) groups excluding carboxylic acids is 1. The highest BCUT2D eigenvalue weighted by atomic mass is 35.5. The molecular formula is C24H31Cl2N3O5S. The number of nitrogens with one attached hydrogen (secondary N) is 1. The fraction of sp³-hybridized carbons (Fsp3) is 0.458. The lowest BCUT2D eigenvalue weighted by Crippen LogP contribution is -2.49. The van der Waals surface area contributed by atoms with Crippen LogP contribution in [-0.2, 0) is 16.6 Å². The number of sulfonamides is 1. The zero-order chi connectivity index (χ0) is 25.9. The smallest absolute Gasteiger partial charge is 0.258 e. The van der Waals surface area contributed by atoms with Crippen LogP contribution in [0.15, 0.2) is 36.4 Å². The first-order chi connectivity index (χ1) is 16.4. The predicted octanol–water partition coefficient (Wildman–Crippen LogP) is 3.72. The normalized spacial score (nSPS) is 19.5. The third-order valence-corrected chi connectivity index (χ3v) is 7.24. The molecule has 1 amide bonds. The van der Waals surface area contributed by atoms with Gasteiger partial charge in [0.25, 0.3) is 5.91 Å². The molecule has 3 rings (SSSR count). The second-order valence-electron chi connectivity index (χ2n) is 9.15. The number of fused-ring (bicyclic) bond motifs is 1. The van der Waals surface area contributed by atoms with Crippen molar-refractivity contribution in [3.05, 3.63) is 57.6 Å². The van der Waals surface area contributed by atoms with E-state index in [0.717, 1.165) is 11.8 Å². The number of amides is 1. The number of likely N-dealkylation sites (N-methyl/N-ethyl adjacent to an activating group) is 1. The Bertz CT molecular complexity index is 1180. The Kier molecular flexibility index (Phi) is 8.93. The number of hydrogen-bond acceptors (Lipinski definition) is 6. The van der Waals surface area contributed by atoms with E-state index in [9.17, 15) is 18.3 Å². The Balaban J connectivity index is 1.90. The predicted molar refractivity (Wildman–Crippen MR) is 139 cm³/mol. The number of hydrogen-bond donors (Lipinski definition) is 2. The lowest BCUT2D eigenvalue weighted by molar-refractivity contribution is 0.0341. The molecule has 11 heteroatoms. The van der Waals surface area contributed by atoms with Gasteiger partial charge >= 0.3 is 0 Å². The summed E-state index contributed by atoms with van der Waals surface area (Å²) >= 11 is 12.2. The summed E-state index contributed by atoms with van der Waals surface area (Å²) in [5.74, 6) is -0.0111. The van der Waals surface area contributed by atoms with Gasteiger partial charge in [-0.05, 0) is 49.9 Å². The van der Waals surface area contributed by atoms with Gasteiger partial charge in [-0.1, -0.05) is 36.2 Å². The minimum atomic E-state index is -3.52. The summed E-state index contributed by atoms with van der Waals surface area (Å²) in [5, 5.41) is 10.8. The number of carbonyl (C=O) groups is 1. The van der Waals surface area contributed by atoms with Crippen LogP contribution < -0.4 is 9.46 Å². The van der Waals surface area contributed by atoms with Gasteiger partial charge in [-0.3, -0.25) is 14.4 Å². The van der Waals surface area contributed by atoms with E-state index in [-0.39, 0.29) is 35.8 Å². The number of benzene rings is 2. The van der Waals surface area contributed by atoms with E-state index in [1.165, 1.54) is 6.07 Å². The highest BCUT2D eigenvalue weighted by Crippen LogP contribution is 2.31. The van der Waals surface area contributed by atoms with Crippen LogP contribution in [0.25, 0.3) is 0 Å². The summed E-state index contributed by atoms with van der Waals surface area (Å²) in [6.45, 7) is 5.12. The zero-order valence-electron chi connectivity index (χ0n) is 20.2. The van der Waals surface area contributed by atoms with Gasteiger partial charge in [-0.25, -0.2) is 8.42 Å². The Hall–Kier alpha value is -2.04. The quantitative estimate of drug-likeness (QED) is 0.526. The lowest BCUT2D eigenvalue weighted by Gasteiger charge is -2.38. The molecule has 0 saturated heterocycles. The van der Waals surface area contributed by atoms with Crippen LogP contribution in [-0.4, -0.2) is 74.4 Å². The highest BCUT2D eigenvalue weighted by Gasteiger charge is 2.33. The molecule has 1 heterocycles. The maximum absolute atomic E-state index is 13.4. The summed E-state index contributed by atoms with van der Waals surface area (Å²) in [5.41, 5.74) is 1.51. The van der Waals surface area contributed by atoms with Crippen molar-refractivity contribution >= 4 is 44.8 Å². The van der Waals surface area contributed by atoms with Gasteiger partial charge in [0.15, 0.2) is 0 Å². The number of ether oxygens (including phenoxy) is 1. The highest BCUT2D eigenvalue weighted by molar-refractivity contribution is 7.92. The largest absolute Gasteiger partial charge is 0.488 e. The second kappa shape index (κ2) is 11.3. The van der Waals surface area contributed by atoms with E-state index in [1.807, 2.05) is 26.1 Å². The van der Waals surface area contributed by atoms with Crippen LogP contribution in [0.4, 0.5) is 5.69 Å². The molecule has 0 aliphatic carbocycles. The van der Waals surface area contributed by atoms with Gasteiger partial charge in [0, 0.05) is 31.2 Å². The molecule has 2 N–H and O–H groups in total. The van der Waals surface area contributed by atoms with Crippen molar-refractivity contribution < 1.29 is 23.1 Å². The van der Waals surface area contributed by atoms with E-state index in [4.69, 9.17) is 27.9 Å². The van der Waals surface area contributed by atoms with Gasteiger partial charge in [0.05, 0.1) is 34.5 Å². The molecule has 0 radical (unpaired) electrons. The molecule has 35 heavy (non-hydrogen) atoms. The Morgan fingerprint density at radius 2 is 1.94 bits per heavy atom. The monoisotopic (exact) mass is 543 g/mol. The standard InChI is InChI=1S/C24H31Cl2N3O5S/c1-15-11-29(16(2)14-30)24(31)19-10-18(27-35(4,32)33)6-8-22(19)34-23(15)13-28(3)12-17-5-7-20(25)21(26)9-17/h5-10,15-16,23,27,30H,11-14H2,1-4H3/t15-,16+,23-/m0/s1. The van der Waals surface area contributed by atoms with Crippen molar-refractivity contribution in [2.75, 3.05) is 37.7 Å². The van der Waals surface area contributed by atoms with Crippen molar-refractivity contribution in [3.8, 4) is 5.75 Å². The number of rotatable bonds is 8. The molecule has 1 aliphatic rings. The molecule has 0 bridgehead atoms. The van der Waals surface area contributed by atoms with Crippen LogP contribution in [0.5, 0.6) is 5.75 Å². The molecular weight excluding hydrogens is 513 g/mol. The Morgan fingerprint density at radius 3 is 2.57 bits per heavy atom. The molecule has 0 saturated carbocycles. The van der Waals surface area contributed by atoms with Gasteiger partial charge in [-0.15, -0.1) is 0 Å². The molecule has 3 atom stereocenters. The minimum absolute atomic E-state index is 0.0498. The van der Waals surface area contributed by atoms with Gasteiger partial charge in [-0.2, -0.15) is 0 Å². The fourth-order valence-corrected chi connectivity index (χ4v) is 4.92. The van der Waals surface area contributed by atoms with Crippen molar-refractivity contribution in [1.82, 2.24) is 9.80 Å². The summed E-state index contributed by atoms with van der Waals surface area (Å²) in [4.78, 5) is 17.1. The van der Waals surface area contributed by atoms with Crippen LogP contribution >= 0.6 is 23.2 Å². The number of aliphatic hydroxyl groups is 1. The number of aliphatic hydroxyl groups excluding tert-OH is 1. The first-order valence-corrected chi connectivity index (χ1v) is 13.9. The SMILES string of the molecule is C[C@H](CO)N1C[C@H](C)[C@H](CN(C)Cc2ccc(Cl)c(Cl)c2)Oc2ccc(NS(C)(=O)=O)cc2C1=O. The number of nitrogens with zero attached hydrogens (tertiary/aromatic N) is 2. The van der Waals surface area contributed by atoms with Crippen LogP contribution in [0.1, 0.15) is 29.8 Å². The van der Waals surface area contributed by atoms with E-state index in [2.05, 4.69) is 9.62 Å². The molecule has 2 aromatic carbocycles. The van der Waals surface area contributed by atoms with Crippen molar-refractivity contribution in [2.24, 2.45) is 5.92 Å². The Labute approximate surface area is 216 Å². The molecule has 2 aromatic rings. The maximum atomic E-state index is 13.4. The maximum Gasteiger partial charge on any atom is 0.258 e. The summed E-state index contributed by atoms with van der Waals surface area (Å²) < 4.78 is 32.2. The summed E-state index contributed by atoms with van der Waals surface area (Å²) in [7, 11) is -1.55. The van der Waals surface area contributed by atoms with E-state index >= 15 is 0 Å². The molecule has 0 spiro atoms. The van der Waals surface area contributed by atoms with E-state index in [0.29, 0.717) is 35.4 Å². The average molecular weight is 545 g/mol. The molecule has 1 aliphatic heterocycles. The molecule has 8 nitrogen and oxygen atoms in total. The third kappa shape index (κ3) is 7.24. The summed E-state index contributed by atoms with van der Waals surface area (Å²) in [6, 6.07) is 9.74. The molecule has 192 valence electrons. The van der Waals surface area contributed by atoms with Crippen LogP contribution in [0, 0.1) is 5.92 Å². The van der Waals surface area contributed by atoms with E-state index in [1.54, 1.807) is 30.0 Å².